The summed E-state index contributed by atoms with van der Waals surface area (Å²) in [4.78, 5) is 16.2. The molecule has 0 spiro atoms. The van der Waals surface area contributed by atoms with E-state index in [0.717, 1.165) is 16.5 Å². The van der Waals surface area contributed by atoms with Crippen LogP contribution < -0.4 is 5.32 Å². The van der Waals surface area contributed by atoms with Gasteiger partial charge < -0.3 is 4.74 Å². The van der Waals surface area contributed by atoms with E-state index in [2.05, 4.69) is 10.3 Å². The lowest BCUT2D eigenvalue weighted by molar-refractivity contribution is 0.155. The van der Waals surface area contributed by atoms with Gasteiger partial charge in [-0.25, -0.2) is 4.79 Å². The first-order chi connectivity index (χ1) is 10.3. The molecule has 1 aromatic heterocycles. The molecular formula is C17H14N2O2. The number of nitrogens with zero attached hydrogens (tertiary/aromatic N) is 1. The van der Waals surface area contributed by atoms with Crippen LogP contribution >= 0.6 is 0 Å². The Labute approximate surface area is 122 Å². The summed E-state index contributed by atoms with van der Waals surface area (Å²) in [5, 5.41) is 3.70. The molecule has 1 amide bonds. The molecule has 0 aliphatic heterocycles. The maximum Gasteiger partial charge on any atom is 0.412 e. The topological polar surface area (TPSA) is 51.2 Å². The van der Waals surface area contributed by atoms with Gasteiger partial charge in [-0.15, -0.1) is 0 Å². The van der Waals surface area contributed by atoms with Crippen molar-refractivity contribution in [3.63, 3.8) is 0 Å². The molecule has 4 nitrogen and oxygen atoms in total. The van der Waals surface area contributed by atoms with E-state index in [0.29, 0.717) is 5.69 Å². The van der Waals surface area contributed by atoms with Gasteiger partial charge in [0.05, 0.1) is 11.2 Å². The van der Waals surface area contributed by atoms with Gasteiger partial charge in [-0.05, 0) is 17.7 Å². The zero-order valence-electron chi connectivity index (χ0n) is 11.3. The van der Waals surface area contributed by atoms with E-state index in [1.807, 2.05) is 54.6 Å². The first-order valence-electron chi connectivity index (χ1n) is 6.64. The lowest BCUT2D eigenvalue weighted by atomic mass is 10.2. The molecule has 1 N–H and O–H groups in total. The third-order valence-corrected chi connectivity index (χ3v) is 3.08. The molecule has 0 bridgehead atoms. The summed E-state index contributed by atoms with van der Waals surface area (Å²) in [6, 6.07) is 19.0. The first-order valence-corrected chi connectivity index (χ1v) is 6.64. The van der Waals surface area contributed by atoms with Crippen molar-refractivity contribution < 1.29 is 9.53 Å². The predicted octanol–water partition coefficient (Wildman–Crippen LogP) is 3.98. The molecule has 3 rings (SSSR count). The highest BCUT2D eigenvalue weighted by molar-refractivity contribution is 5.97. The lowest BCUT2D eigenvalue weighted by Gasteiger charge is -2.08. The fourth-order valence-corrected chi connectivity index (χ4v) is 2.07. The molecule has 0 fully saturated rings. The van der Waals surface area contributed by atoms with Crippen LogP contribution in [0.2, 0.25) is 0 Å². The van der Waals surface area contributed by atoms with E-state index < -0.39 is 6.09 Å². The third-order valence-electron chi connectivity index (χ3n) is 3.08. The lowest BCUT2D eigenvalue weighted by Crippen LogP contribution is -2.13. The Hall–Kier alpha value is -2.88. The maximum absolute atomic E-state index is 11.9. The molecule has 0 aliphatic rings. The van der Waals surface area contributed by atoms with Gasteiger partial charge in [0.1, 0.15) is 6.61 Å². The zero-order valence-corrected chi connectivity index (χ0v) is 11.3. The number of anilines is 1. The van der Waals surface area contributed by atoms with E-state index in [9.17, 15) is 4.79 Å². The minimum absolute atomic E-state index is 0.241. The number of hydrogen-bond donors (Lipinski definition) is 1. The van der Waals surface area contributed by atoms with Crippen molar-refractivity contribution in [2.75, 3.05) is 5.32 Å². The smallest absolute Gasteiger partial charge is 0.412 e. The van der Waals surface area contributed by atoms with Gasteiger partial charge in [-0.3, -0.25) is 10.3 Å². The number of amides is 1. The van der Waals surface area contributed by atoms with Crippen LogP contribution in [-0.2, 0) is 11.3 Å². The van der Waals surface area contributed by atoms with Crippen LogP contribution in [0.25, 0.3) is 10.9 Å². The number of rotatable bonds is 3. The number of nitrogens with one attached hydrogen (secondary N) is 1. The second kappa shape index (κ2) is 6.05. The summed E-state index contributed by atoms with van der Waals surface area (Å²) in [6.07, 6.45) is 1.21. The minimum atomic E-state index is -0.489. The normalized spacial score (nSPS) is 10.3. The summed E-state index contributed by atoms with van der Waals surface area (Å²) in [7, 11) is 0. The van der Waals surface area contributed by atoms with E-state index >= 15 is 0 Å². The second-order valence-electron chi connectivity index (χ2n) is 4.57. The number of benzene rings is 2. The summed E-state index contributed by atoms with van der Waals surface area (Å²) in [5.74, 6) is 0. The first kappa shape index (κ1) is 13.1. The van der Waals surface area contributed by atoms with Crippen molar-refractivity contribution in [2.24, 2.45) is 0 Å². The molecule has 0 saturated carbocycles. The Balaban J connectivity index is 1.69. The fourth-order valence-electron chi connectivity index (χ4n) is 2.07. The summed E-state index contributed by atoms with van der Waals surface area (Å²) >= 11 is 0. The molecule has 0 unspecified atom stereocenters. The predicted molar refractivity (Wildman–Crippen MR) is 82.0 cm³/mol. The van der Waals surface area contributed by atoms with Gasteiger partial charge in [-0.2, -0.15) is 0 Å². The molecule has 0 atom stereocenters. The standard InChI is InChI=1S/C17H14N2O2/c20-17(21-12-13-6-2-1-3-7-13)19-15-10-4-8-14-9-5-11-18-16(14)15/h1-11H,12H2,(H,19,20). The molecule has 1 heterocycles. The molecular weight excluding hydrogens is 264 g/mol. The number of pyridine rings is 1. The Morgan fingerprint density at radius 3 is 2.67 bits per heavy atom. The van der Waals surface area contributed by atoms with Crippen molar-refractivity contribution in [2.45, 2.75) is 6.61 Å². The van der Waals surface area contributed by atoms with Crippen LogP contribution in [0.5, 0.6) is 0 Å². The summed E-state index contributed by atoms with van der Waals surface area (Å²) in [5.41, 5.74) is 2.34. The SMILES string of the molecule is O=C(Nc1cccc2cccnc12)OCc1ccccc1. The molecule has 104 valence electrons. The number of hydrogen-bond acceptors (Lipinski definition) is 3. The van der Waals surface area contributed by atoms with E-state index in [-0.39, 0.29) is 6.61 Å². The number of para-hydroxylation sites is 1. The molecule has 0 aliphatic carbocycles. The van der Waals surface area contributed by atoms with Crippen LogP contribution in [-0.4, -0.2) is 11.1 Å². The number of aromatic nitrogens is 1. The van der Waals surface area contributed by atoms with E-state index in [4.69, 9.17) is 4.74 Å². The highest BCUT2D eigenvalue weighted by atomic mass is 16.5. The van der Waals surface area contributed by atoms with E-state index in [1.54, 1.807) is 12.3 Å². The van der Waals surface area contributed by atoms with Gasteiger partial charge in [0, 0.05) is 11.6 Å². The number of fused-ring (bicyclic) bond motifs is 1. The van der Waals surface area contributed by atoms with Gasteiger partial charge in [0.2, 0.25) is 0 Å². The number of carbonyl (C=O) groups excluding carboxylic acids is 1. The quantitative estimate of drug-likeness (QED) is 0.788. The Bertz CT molecular complexity index is 752. The molecule has 0 saturated heterocycles. The van der Waals surface area contributed by atoms with Crippen LogP contribution in [0.3, 0.4) is 0 Å². The third kappa shape index (κ3) is 3.17. The van der Waals surface area contributed by atoms with Crippen molar-refractivity contribution in [1.29, 1.82) is 0 Å². The fraction of sp³-hybridized carbons (Fsp3) is 0.0588. The van der Waals surface area contributed by atoms with E-state index in [1.165, 1.54) is 0 Å². The molecule has 21 heavy (non-hydrogen) atoms. The average Bonchev–Trinajstić information content (AvgIpc) is 2.54. The van der Waals surface area contributed by atoms with Crippen molar-refractivity contribution in [3.05, 3.63) is 72.4 Å². The molecule has 0 radical (unpaired) electrons. The van der Waals surface area contributed by atoms with Gasteiger partial charge in [0.15, 0.2) is 0 Å². The molecule has 3 aromatic rings. The van der Waals surface area contributed by atoms with Crippen molar-refractivity contribution in [3.8, 4) is 0 Å². The molecule has 2 aromatic carbocycles. The molecule has 4 heteroatoms. The average molecular weight is 278 g/mol. The number of carbonyl (C=O) groups is 1. The van der Waals surface area contributed by atoms with Crippen LogP contribution in [0, 0.1) is 0 Å². The van der Waals surface area contributed by atoms with Crippen LogP contribution in [0.1, 0.15) is 5.56 Å². The monoisotopic (exact) mass is 278 g/mol. The Kier molecular flexibility index (Phi) is 3.78. The highest BCUT2D eigenvalue weighted by Gasteiger charge is 2.07. The van der Waals surface area contributed by atoms with Gasteiger partial charge >= 0.3 is 6.09 Å². The van der Waals surface area contributed by atoms with Crippen LogP contribution in [0.4, 0.5) is 10.5 Å². The van der Waals surface area contributed by atoms with Crippen LogP contribution in [0.15, 0.2) is 66.9 Å². The Morgan fingerprint density at radius 2 is 1.81 bits per heavy atom. The summed E-state index contributed by atoms with van der Waals surface area (Å²) in [6.45, 7) is 0.241. The largest absolute Gasteiger partial charge is 0.444 e. The second-order valence-corrected chi connectivity index (χ2v) is 4.57. The number of ether oxygens (including phenoxy) is 1. The minimum Gasteiger partial charge on any atom is -0.444 e. The van der Waals surface area contributed by atoms with Gasteiger partial charge in [-0.1, -0.05) is 48.5 Å². The van der Waals surface area contributed by atoms with Gasteiger partial charge in [0.25, 0.3) is 0 Å². The maximum atomic E-state index is 11.9. The van der Waals surface area contributed by atoms with Crippen molar-refractivity contribution >= 4 is 22.7 Å². The Morgan fingerprint density at radius 1 is 1.00 bits per heavy atom. The highest BCUT2D eigenvalue weighted by Crippen LogP contribution is 2.20. The van der Waals surface area contributed by atoms with Crippen molar-refractivity contribution in [1.82, 2.24) is 4.98 Å². The zero-order chi connectivity index (χ0) is 14.5. The summed E-state index contributed by atoms with van der Waals surface area (Å²) < 4.78 is 5.20.